The van der Waals surface area contributed by atoms with Crippen LogP contribution in [0, 0.1) is 0 Å². The Kier molecular flexibility index (Phi) is 4.88. The molecule has 6 heteroatoms. The highest BCUT2D eigenvalue weighted by molar-refractivity contribution is 5.84. The molecule has 0 bridgehead atoms. The van der Waals surface area contributed by atoms with Crippen LogP contribution in [0.3, 0.4) is 0 Å². The van der Waals surface area contributed by atoms with Crippen LogP contribution in [0.4, 0.5) is 13.2 Å². The number of benzene rings is 1. The molecule has 0 saturated carbocycles. The predicted octanol–water partition coefficient (Wildman–Crippen LogP) is 2.67. The number of alkyl halides is 3. The van der Waals surface area contributed by atoms with Gasteiger partial charge in [0.2, 0.25) is 5.91 Å². The summed E-state index contributed by atoms with van der Waals surface area (Å²) in [7, 11) is 0. The summed E-state index contributed by atoms with van der Waals surface area (Å²) >= 11 is 0. The molecular weight excluding hydrogens is 281 g/mol. The number of nitrogens with zero attached hydrogens (tertiary/aromatic N) is 1. The molecular formula is C15H19F3N2O. The average Bonchev–Trinajstić information content (AvgIpc) is 2.44. The molecule has 3 nitrogen and oxygen atoms in total. The number of hydrogen-bond acceptors (Lipinski definition) is 2. The molecule has 1 aliphatic heterocycles. The van der Waals surface area contributed by atoms with E-state index in [1.807, 2.05) is 24.3 Å². The highest BCUT2D eigenvalue weighted by Crippen LogP contribution is 2.27. The lowest BCUT2D eigenvalue weighted by molar-refractivity contribution is -0.162. The van der Waals surface area contributed by atoms with Crippen molar-refractivity contribution < 1.29 is 18.0 Å². The summed E-state index contributed by atoms with van der Waals surface area (Å²) in [5, 5.41) is 3.10. The molecule has 1 atom stereocenters. The lowest BCUT2D eigenvalue weighted by Gasteiger charge is -2.31. The zero-order valence-electron chi connectivity index (χ0n) is 11.9. The Morgan fingerprint density at radius 1 is 1.38 bits per heavy atom. The van der Waals surface area contributed by atoms with E-state index in [2.05, 4.69) is 5.32 Å². The van der Waals surface area contributed by atoms with Crippen molar-refractivity contribution >= 4 is 5.91 Å². The average molecular weight is 300 g/mol. The van der Waals surface area contributed by atoms with Crippen LogP contribution < -0.4 is 5.32 Å². The van der Waals surface area contributed by atoms with Crippen molar-refractivity contribution in [3.63, 3.8) is 0 Å². The number of hydrogen-bond donors (Lipinski definition) is 1. The van der Waals surface area contributed by atoms with Gasteiger partial charge in [-0.05, 0) is 17.5 Å². The Balaban J connectivity index is 2.21. The number of fused-ring (bicyclic) bond motifs is 1. The van der Waals surface area contributed by atoms with E-state index in [0.717, 1.165) is 16.0 Å². The third kappa shape index (κ3) is 3.97. The topological polar surface area (TPSA) is 32.3 Å². The smallest absolute Gasteiger partial charge is 0.333 e. The van der Waals surface area contributed by atoms with Gasteiger partial charge in [-0.25, -0.2) is 0 Å². The molecule has 1 heterocycles. The second-order valence-corrected chi connectivity index (χ2v) is 5.26. The van der Waals surface area contributed by atoms with Gasteiger partial charge in [0.25, 0.3) is 0 Å². The SMILES string of the molecule is CCCN(CC(F)(F)F)C(=O)C1CNCc2ccccc21. The quantitative estimate of drug-likeness (QED) is 0.927. The Hall–Kier alpha value is -1.56. The molecule has 0 fully saturated rings. The summed E-state index contributed by atoms with van der Waals surface area (Å²) in [4.78, 5) is 13.4. The van der Waals surface area contributed by atoms with Crippen molar-refractivity contribution in [2.75, 3.05) is 19.6 Å². The van der Waals surface area contributed by atoms with E-state index in [9.17, 15) is 18.0 Å². The van der Waals surface area contributed by atoms with Gasteiger partial charge in [0.15, 0.2) is 0 Å². The van der Waals surface area contributed by atoms with Gasteiger partial charge in [-0.15, -0.1) is 0 Å². The van der Waals surface area contributed by atoms with Crippen molar-refractivity contribution in [2.24, 2.45) is 0 Å². The summed E-state index contributed by atoms with van der Waals surface area (Å²) in [5.41, 5.74) is 1.81. The first-order valence-corrected chi connectivity index (χ1v) is 7.06. The van der Waals surface area contributed by atoms with Crippen LogP contribution in [0.1, 0.15) is 30.4 Å². The fourth-order valence-corrected chi connectivity index (χ4v) is 2.69. The van der Waals surface area contributed by atoms with Crippen molar-refractivity contribution in [3.8, 4) is 0 Å². The summed E-state index contributed by atoms with van der Waals surface area (Å²) in [6, 6.07) is 7.41. The van der Waals surface area contributed by atoms with E-state index < -0.39 is 24.5 Å². The molecule has 1 aliphatic rings. The van der Waals surface area contributed by atoms with E-state index in [4.69, 9.17) is 0 Å². The van der Waals surface area contributed by atoms with Crippen LogP contribution in [0.2, 0.25) is 0 Å². The Morgan fingerprint density at radius 3 is 2.76 bits per heavy atom. The van der Waals surface area contributed by atoms with E-state index in [-0.39, 0.29) is 6.54 Å². The lowest BCUT2D eigenvalue weighted by Crippen LogP contribution is -2.45. The van der Waals surface area contributed by atoms with E-state index in [0.29, 0.717) is 19.5 Å². The normalized spacial score (nSPS) is 18.2. The summed E-state index contributed by atoms with van der Waals surface area (Å²) < 4.78 is 37.9. The van der Waals surface area contributed by atoms with Crippen molar-refractivity contribution in [1.29, 1.82) is 0 Å². The van der Waals surface area contributed by atoms with Gasteiger partial charge in [0.1, 0.15) is 6.54 Å². The van der Waals surface area contributed by atoms with Gasteiger partial charge < -0.3 is 10.2 Å². The zero-order chi connectivity index (χ0) is 15.5. The van der Waals surface area contributed by atoms with Crippen molar-refractivity contribution in [1.82, 2.24) is 10.2 Å². The molecule has 116 valence electrons. The largest absolute Gasteiger partial charge is 0.406 e. The Labute approximate surface area is 122 Å². The fraction of sp³-hybridized carbons (Fsp3) is 0.533. The zero-order valence-corrected chi connectivity index (χ0v) is 11.9. The molecule has 0 spiro atoms. The molecule has 1 aromatic carbocycles. The number of carbonyl (C=O) groups excluding carboxylic acids is 1. The summed E-state index contributed by atoms with van der Waals surface area (Å²) in [5.74, 6) is -0.988. The number of halogens is 3. The van der Waals surface area contributed by atoms with Crippen LogP contribution in [0.5, 0.6) is 0 Å². The number of carbonyl (C=O) groups is 1. The molecule has 0 radical (unpaired) electrons. The molecule has 2 rings (SSSR count). The van der Waals surface area contributed by atoms with Crippen molar-refractivity contribution in [2.45, 2.75) is 32.0 Å². The maximum atomic E-state index is 12.6. The summed E-state index contributed by atoms with van der Waals surface area (Å²) in [6.45, 7) is 1.74. The number of amides is 1. The Bertz CT molecular complexity index is 502. The third-order valence-electron chi connectivity index (χ3n) is 3.57. The van der Waals surface area contributed by atoms with Gasteiger partial charge in [-0.2, -0.15) is 13.2 Å². The highest BCUT2D eigenvalue weighted by atomic mass is 19.4. The van der Waals surface area contributed by atoms with Crippen LogP contribution in [0.15, 0.2) is 24.3 Å². The fourth-order valence-electron chi connectivity index (χ4n) is 2.69. The van der Waals surface area contributed by atoms with Crippen molar-refractivity contribution in [3.05, 3.63) is 35.4 Å². The van der Waals surface area contributed by atoms with E-state index >= 15 is 0 Å². The minimum absolute atomic E-state index is 0.122. The molecule has 0 saturated heterocycles. The van der Waals surface area contributed by atoms with E-state index in [1.54, 1.807) is 6.92 Å². The van der Waals surface area contributed by atoms with Crippen LogP contribution >= 0.6 is 0 Å². The second kappa shape index (κ2) is 6.47. The maximum absolute atomic E-state index is 12.6. The van der Waals surface area contributed by atoms with Gasteiger partial charge >= 0.3 is 6.18 Å². The van der Waals surface area contributed by atoms with Gasteiger partial charge in [0.05, 0.1) is 5.92 Å². The first-order valence-electron chi connectivity index (χ1n) is 7.06. The second-order valence-electron chi connectivity index (χ2n) is 5.26. The molecule has 1 unspecified atom stereocenters. The molecule has 0 aromatic heterocycles. The molecule has 0 aliphatic carbocycles. The molecule has 1 amide bonds. The minimum Gasteiger partial charge on any atom is -0.333 e. The number of rotatable bonds is 4. The monoisotopic (exact) mass is 300 g/mol. The van der Waals surface area contributed by atoms with Crippen LogP contribution in [-0.2, 0) is 11.3 Å². The first kappa shape index (κ1) is 15.8. The molecule has 1 aromatic rings. The first-order chi connectivity index (χ1) is 9.92. The van der Waals surface area contributed by atoms with E-state index in [1.165, 1.54) is 0 Å². The molecule has 1 N–H and O–H groups in total. The maximum Gasteiger partial charge on any atom is 0.406 e. The van der Waals surface area contributed by atoms with Gasteiger partial charge in [-0.1, -0.05) is 31.2 Å². The van der Waals surface area contributed by atoms with Gasteiger partial charge in [0, 0.05) is 19.6 Å². The third-order valence-corrected chi connectivity index (χ3v) is 3.57. The van der Waals surface area contributed by atoms with Crippen LogP contribution in [0.25, 0.3) is 0 Å². The Morgan fingerprint density at radius 2 is 2.10 bits per heavy atom. The lowest BCUT2D eigenvalue weighted by atomic mass is 9.89. The highest BCUT2D eigenvalue weighted by Gasteiger charge is 2.36. The minimum atomic E-state index is -4.37. The van der Waals surface area contributed by atoms with Gasteiger partial charge in [-0.3, -0.25) is 4.79 Å². The standard InChI is InChI=1S/C15H19F3N2O/c1-2-7-20(10-15(16,17)18)14(21)13-9-19-8-11-5-3-4-6-12(11)13/h3-6,13,19H,2,7-10H2,1H3. The molecule has 21 heavy (non-hydrogen) atoms. The predicted molar refractivity (Wildman–Crippen MR) is 73.8 cm³/mol. The van der Waals surface area contributed by atoms with Crippen LogP contribution in [-0.4, -0.2) is 36.6 Å². The number of nitrogens with one attached hydrogen (secondary N) is 1. The summed E-state index contributed by atoms with van der Waals surface area (Å²) in [6.07, 6.45) is -3.87.